The van der Waals surface area contributed by atoms with Crippen LogP contribution in [-0.2, 0) is 6.42 Å². The van der Waals surface area contributed by atoms with Crippen LogP contribution in [-0.4, -0.2) is 22.7 Å². The second-order valence-electron chi connectivity index (χ2n) is 4.14. The Morgan fingerprint density at radius 3 is 2.85 bits per heavy atom. The molecule has 0 atom stereocenters. The molecule has 0 saturated heterocycles. The summed E-state index contributed by atoms with van der Waals surface area (Å²) in [7, 11) is 1.65. The van der Waals surface area contributed by atoms with Crippen molar-refractivity contribution in [2.45, 2.75) is 6.42 Å². The van der Waals surface area contributed by atoms with Crippen LogP contribution in [0.5, 0.6) is 0 Å². The van der Waals surface area contributed by atoms with Crippen molar-refractivity contribution in [2.24, 2.45) is 0 Å². The van der Waals surface area contributed by atoms with Crippen molar-refractivity contribution in [3.05, 3.63) is 46.6 Å². The summed E-state index contributed by atoms with van der Waals surface area (Å²) in [5.41, 5.74) is 7.19. The summed E-state index contributed by atoms with van der Waals surface area (Å²) >= 11 is 5.80. The lowest BCUT2D eigenvalue weighted by atomic mass is 10.1. The smallest absolute Gasteiger partial charge is 0.225 e. The number of aromatic nitrogens is 2. The Kier molecular flexibility index (Phi) is 4.14. The third-order valence-corrected chi connectivity index (χ3v) is 2.88. The Bertz CT molecular complexity index is 659. The number of nitrogens with two attached hydrogens (primary N) is 1. The molecule has 104 valence electrons. The molecule has 0 bridgehead atoms. The lowest BCUT2D eigenvalue weighted by molar-refractivity contribution is 0.626. The monoisotopic (exact) mass is 293 g/mol. The van der Waals surface area contributed by atoms with E-state index in [9.17, 15) is 4.39 Å². The van der Waals surface area contributed by atoms with Crippen LogP contribution in [0.3, 0.4) is 0 Å². The molecule has 0 aliphatic heterocycles. The van der Waals surface area contributed by atoms with Gasteiger partial charge in [-0.15, -0.1) is 0 Å². The molecule has 2 aromatic rings. The van der Waals surface area contributed by atoms with Gasteiger partial charge in [0.2, 0.25) is 5.28 Å². The highest BCUT2D eigenvalue weighted by molar-refractivity contribution is 6.28. The molecule has 0 aliphatic rings. The van der Waals surface area contributed by atoms with Gasteiger partial charge in [-0.3, -0.25) is 0 Å². The predicted octanol–water partition coefficient (Wildman–Crippen LogP) is 2.50. The maximum atomic E-state index is 13.1. The van der Waals surface area contributed by atoms with Crippen LogP contribution in [0.25, 0.3) is 0 Å². The molecule has 0 radical (unpaired) electrons. The Morgan fingerprint density at radius 2 is 2.20 bits per heavy atom. The van der Waals surface area contributed by atoms with E-state index in [1.807, 2.05) is 0 Å². The van der Waals surface area contributed by atoms with Gasteiger partial charge in [-0.25, -0.2) is 9.37 Å². The van der Waals surface area contributed by atoms with Gasteiger partial charge in [0.15, 0.2) is 5.82 Å². The molecular formula is C13H13ClFN5. The summed E-state index contributed by atoms with van der Waals surface area (Å²) in [6.45, 7) is 0. The molecule has 5 nitrogen and oxygen atoms in total. The molecule has 0 saturated carbocycles. The number of rotatable bonds is 4. The molecule has 0 aliphatic carbocycles. The standard InChI is InChI=1S/C13H13ClFN5/c1-18-12-10(17)11(19-13(14)20-12)9(16)6-7-3-2-4-8(15)5-7/h2-5,16H,6,17H2,1H3,(H,18,19,20). The molecule has 1 heterocycles. The minimum Gasteiger partial charge on any atom is -0.394 e. The van der Waals surface area contributed by atoms with E-state index in [2.05, 4.69) is 15.3 Å². The summed E-state index contributed by atoms with van der Waals surface area (Å²) in [5.74, 6) is 0.0175. The van der Waals surface area contributed by atoms with Gasteiger partial charge in [0.25, 0.3) is 0 Å². The predicted molar refractivity (Wildman–Crippen MR) is 77.9 cm³/mol. The third-order valence-electron chi connectivity index (χ3n) is 2.71. The molecule has 0 amide bonds. The fraction of sp³-hybridized carbons (Fsp3) is 0.154. The zero-order valence-corrected chi connectivity index (χ0v) is 11.5. The normalized spacial score (nSPS) is 10.3. The Balaban J connectivity index is 2.32. The van der Waals surface area contributed by atoms with Crippen molar-refractivity contribution >= 4 is 28.8 Å². The van der Waals surface area contributed by atoms with Crippen LogP contribution in [0.15, 0.2) is 24.3 Å². The second kappa shape index (κ2) is 5.83. The van der Waals surface area contributed by atoms with Gasteiger partial charge in [-0.1, -0.05) is 12.1 Å². The van der Waals surface area contributed by atoms with E-state index >= 15 is 0 Å². The molecule has 7 heteroatoms. The van der Waals surface area contributed by atoms with Crippen LogP contribution in [0, 0.1) is 11.2 Å². The average Bonchev–Trinajstić information content (AvgIpc) is 2.40. The van der Waals surface area contributed by atoms with Crippen molar-refractivity contribution in [3.8, 4) is 0 Å². The zero-order valence-electron chi connectivity index (χ0n) is 10.7. The van der Waals surface area contributed by atoms with Crippen molar-refractivity contribution in [3.63, 3.8) is 0 Å². The Labute approximate surface area is 120 Å². The maximum absolute atomic E-state index is 13.1. The molecule has 2 rings (SSSR count). The molecule has 1 aromatic carbocycles. The van der Waals surface area contributed by atoms with E-state index in [0.717, 1.165) is 0 Å². The number of anilines is 2. The minimum absolute atomic E-state index is 0.00235. The second-order valence-corrected chi connectivity index (χ2v) is 4.48. The largest absolute Gasteiger partial charge is 0.394 e. The van der Waals surface area contributed by atoms with Crippen LogP contribution in [0.1, 0.15) is 11.3 Å². The number of hydrogen-bond donors (Lipinski definition) is 3. The number of nitrogens with one attached hydrogen (secondary N) is 2. The first-order valence-electron chi connectivity index (χ1n) is 5.84. The Morgan fingerprint density at radius 1 is 1.45 bits per heavy atom. The first kappa shape index (κ1) is 14.2. The molecule has 0 unspecified atom stereocenters. The third kappa shape index (κ3) is 3.03. The van der Waals surface area contributed by atoms with Gasteiger partial charge in [-0.05, 0) is 29.3 Å². The number of nitrogen functional groups attached to an aromatic ring is 1. The van der Waals surface area contributed by atoms with Crippen molar-refractivity contribution in [1.29, 1.82) is 5.41 Å². The van der Waals surface area contributed by atoms with Gasteiger partial charge < -0.3 is 16.5 Å². The van der Waals surface area contributed by atoms with Gasteiger partial charge in [-0.2, -0.15) is 4.98 Å². The quantitative estimate of drug-likeness (QED) is 0.597. The highest BCUT2D eigenvalue weighted by Crippen LogP contribution is 2.22. The van der Waals surface area contributed by atoms with Crippen molar-refractivity contribution in [1.82, 2.24) is 9.97 Å². The fourth-order valence-corrected chi connectivity index (χ4v) is 1.97. The summed E-state index contributed by atoms with van der Waals surface area (Å²) < 4.78 is 13.1. The van der Waals surface area contributed by atoms with Gasteiger partial charge in [0.1, 0.15) is 17.2 Å². The number of benzene rings is 1. The minimum atomic E-state index is -0.347. The van der Waals surface area contributed by atoms with Gasteiger partial charge >= 0.3 is 0 Å². The van der Waals surface area contributed by atoms with Crippen LogP contribution < -0.4 is 11.1 Å². The average molecular weight is 294 g/mol. The molecule has 0 spiro atoms. The Hall–Kier alpha value is -2.21. The topological polar surface area (TPSA) is 87.7 Å². The van der Waals surface area contributed by atoms with E-state index in [1.54, 1.807) is 19.2 Å². The summed E-state index contributed by atoms with van der Waals surface area (Å²) in [5, 5.41) is 10.9. The van der Waals surface area contributed by atoms with Crippen molar-refractivity contribution < 1.29 is 4.39 Å². The van der Waals surface area contributed by atoms with Gasteiger partial charge in [0, 0.05) is 13.5 Å². The number of halogens is 2. The van der Waals surface area contributed by atoms with Crippen LogP contribution >= 0.6 is 11.6 Å². The lowest BCUT2D eigenvalue weighted by Gasteiger charge is -2.10. The maximum Gasteiger partial charge on any atom is 0.225 e. The lowest BCUT2D eigenvalue weighted by Crippen LogP contribution is -2.13. The van der Waals surface area contributed by atoms with Crippen LogP contribution in [0.4, 0.5) is 15.9 Å². The first-order valence-corrected chi connectivity index (χ1v) is 6.22. The highest BCUT2D eigenvalue weighted by atomic mass is 35.5. The zero-order chi connectivity index (χ0) is 14.7. The number of nitrogens with zero attached hydrogens (tertiary/aromatic N) is 2. The first-order chi connectivity index (χ1) is 9.51. The van der Waals surface area contributed by atoms with E-state index < -0.39 is 0 Å². The molecule has 4 N–H and O–H groups in total. The molecule has 0 fully saturated rings. The summed E-state index contributed by atoms with van der Waals surface area (Å²) in [4.78, 5) is 7.89. The van der Waals surface area contributed by atoms with E-state index in [1.165, 1.54) is 12.1 Å². The molecule has 1 aromatic heterocycles. The van der Waals surface area contributed by atoms with Crippen molar-refractivity contribution in [2.75, 3.05) is 18.1 Å². The summed E-state index contributed by atoms with van der Waals surface area (Å²) in [6.07, 6.45) is 0.207. The number of hydrogen-bond acceptors (Lipinski definition) is 5. The van der Waals surface area contributed by atoms with Crippen LogP contribution in [0.2, 0.25) is 5.28 Å². The highest BCUT2D eigenvalue weighted by Gasteiger charge is 2.14. The summed E-state index contributed by atoms with van der Waals surface area (Å²) in [6, 6.07) is 6.04. The van der Waals surface area contributed by atoms with E-state index in [4.69, 9.17) is 22.7 Å². The molecular weight excluding hydrogens is 281 g/mol. The van der Waals surface area contributed by atoms with E-state index in [-0.39, 0.29) is 34.6 Å². The SMILES string of the molecule is CNc1nc(Cl)nc(C(=N)Cc2cccc(F)c2)c1N. The van der Waals surface area contributed by atoms with E-state index in [0.29, 0.717) is 11.4 Å². The fourth-order valence-electron chi connectivity index (χ4n) is 1.80. The molecule has 20 heavy (non-hydrogen) atoms. The van der Waals surface area contributed by atoms with Gasteiger partial charge in [0.05, 0.1) is 5.71 Å².